The van der Waals surface area contributed by atoms with Crippen LogP contribution in [0.3, 0.4) is 0 Å². The zero-order valence-electron chi connectivity index (χ0n) is 10.3. The highest BCUT2D eigenvalue weighted by Crippen LogP contribution is 2.21. The number of hydrogen-bond donors (Lipinski definition) is 1. The SMILES string of the molecule is Cc1cc(Cl)ccc1OCCNCc1cccs1. The zero-order chi connectivity index (χ0) is 12.8. The van der Waals surface area contributed by atoms with Crippen molar-refractivity contribution >= 4 is 22.9 Å². The summed E-state index contributed by atoms with van der Waals surface area (Å²) in [5.74, 6) is 0.900. The molecule has 0 atom stereocenters. The number of benzene rings is 1. The highest BCUT2D eigenvalue weighted by molar-refractivity contribution is 7.09. The summed E-state index contributed by atoms with van der Waals surface area (Å²) in [4.78, 5) is 1.35. The second-order valence-electron chi connectivity index (χ2n) is 4.01. The third kappa shape index (κ3) is 4.02. The first kappa shape index (κ1) is 13.4. The monoisotopic (exact) mass is 281 g/mol. The fraction of sp³-hybridized carbons (Fsp3) is 0.286. The molecular weight excluding hydrogens is 266 g/mol. The van der Waals surface area contributed by atoms with E-state index in [1.807, 2.05) is 25.1 Å². The molecule has 0 radical (unpaired) electrons. The zero-order valence-corrected chi connectivity index (χ0v) is 11.9. The van der Waals surface area contributed by atoms with Gasteiger partial charge in [-0.3, -0.25) is 0 Å². The minimum atomic E-state index is 0.661. The molecule has 0 spiro atoms. The molecule has 0 saturated heterocycles. The summed E-state index contributed by atoms with van der Waals surface area (Å²) in [6, 6.07) is 9.87. The molecule has 1 N–H and O–H groups in total. The maximum atomic E-state index is 5.89. The van der Waals surface area contributed by atoms with Gasteiger partial charge in [-0.1, -0.05) is 17.7 Å². The normalized spacial score (nSPS) is 10.6. The highest BCUT2D eigenvalue weighted by atomic mass is 35.5. The van der Waals surface area contributed by atoms with Gasteiger partial charge >= 0.3 is 0 Å². The summed E-state index contributed by atoms with van der Waals surface area (Å²) in [5, 5.41) is 6.18. The molecule has 1 aromatic heterocycles. The van der Waals surface area contributed by atoms with Crippen LogP contribution in [0.5, 0.6) is 5.75 Å². The minimum absolute atomic E-state index is 0.661. The van der Waals surface area contributed by atoms with Gasteiger partial charge in [0.05, 0.1) is 0 Å². The van der Waals surface area contributed by atoms with Crippen LogP contribution >= 0.6 is 22.9 Å². The van der Waals surface area contributed by atoms with Gasteiger partial charge in [-0.05, 0) is 42.1 Å². The molecule has 0 unspecified atom stereocenters. The van der Waals surface area contributed by atoms with Crippen molar-refractivity contribution in [2.75, 3.05) is 13.2 Å². The Morgan fingerprint density at radius 1 is 1.33 bits per heavy atom. The summed E-state index contributed by atoms with van der Waals surface area (Å²) in [6.07, 6.45) is 0. The van der Waals surface area contributed by atoms with Crippen molar-refractivity contribution in [3.8, 4) is 5.75 Å². The summed E-state index contributed by atoms with van der Waals surface area (Å²) in [7, 11) is 0. The lowest BCUT2D eigenvalue weighted by Gasteiger charge is -2.09. The average molecular weight is 282 g/mol. The molecule has 1 heterocycles. The number of hydrogen-bond acceptors (Lipinski definition) is 3. The summed E-state index contributed by atoms with van der Waals surface area (Å²) in [6.45, 7) is 4.40. The summed E-state index contributed by atoms with van der Waals surface area (Å²) < 4.78 is 5.69. The first-order chi connectivity index (χ1) is 8.75. The molecule has 0 aliphatic heterocycles. The molecule has 2 nitrogen and oxygen atoms in total. The molecule has 0 bridgehead atoms. The van der Waals surface area contributed by atoms with Crippen LogP contribution in [-0.2, 0) is 6.54 Å². The van der Waals surface area contributed by atoms with Crippen molar-refractivity contribution < 1.29 is 4.74 Å². The smallest absolute Gasteiger partial charge is 0.122 e. The molecule has 96 valence electrons. The maximum absolute atomic E-state index is 5.89. The number of ether oxygens (including phenoxy) is 1. The Kier molecular flexibility index (Phi) is 5.05. The third-order valence-electron chi connectivity index (χ3n) is 2.55. The van der Waals surface area contributed by atoms with Crippen LogP contribution in [0.1, 0.15) is 10.4 Å². The van der Waals surface area contributed by atoms with E-state index in [1.54, 1.807) is 11.3 Å². The van der Waals surface area contributed by atoms with Crippen LogP contribution in [0.2, 0.25) is 5.02 Å². The van der Waals surface area contributed by atoms with Crippen molar-refractivity contribution in [2.24, 2.45) is 0 Å². The molecule has 4 heteroatoms. The van der Waals surface area contributed by atoms with Gasteiger partial charge in [0.25, 0.3) is 0 Å². The maximum Gasteiger partial charge on any atom is 0.122 e. The van der Waals surface area contributed by atoms with E-state index in [0.717, 1.165) is 29.4 Å². The summed E-state index contributed by atoms with van der Waals surface area (Å²) >= 11 is 7.65. The van der Waals surface area contributed by atoms with Crippen LogP contribution in [0, 0.1) is 6.92 Å². The number of halogens is 1. The Bertz CT molecular complexity index is 485. The second-order valence-corrected chi connectivity index (χ2v) is 5.48. The Morgan fingerprint density at radius 2 is 2.22 bits per heavy atom. The van der Waals surface area contributed by atoms with Crippen LogP contribution < -0.4 is 10.1 Å². The predicted octanol–water partition coefficient (Wildman–Crippen LogP) is 3.88. The van der Waals surface area contributed by atoms with E-state index < -0.39 is 0 Å². The third-order valence-corrected chi connectivity index (χ3v) is 3.66. The van der Waals surface area contributed by atoms with E-state index in [0.29, 0.717) is 6.61 Å². The molecule has 0 saturated carbocycles. The van der Waals surface area contributed by atoms with Gasteiger partial charge in [0, 0.05) is 23.0 Å². The molecule has 2 rings (SSSR count). The lowest BCUT2D eigenvalue weighted by molar-refractivity contribution is 0.312. The molecule has 0 amide bonds. The van der Waals surface area contributed by atoms with Crippen LogP contribution in [0.4, 0.5) is 0 Å². The number of rotatable bonds is 6. The second kappa shape index (κ2) is 6.78. The van der Waals surface area contributed by atoms with Crippen LogP contribution in [0.25, 0.3) is 0 Å². The lowest BCUT2D eigenvalue weighted by Crippen LogP contribution is -2.20. The molecule has 0 aliphatic rings. The van der Waals surface area contributed by atoms with Crippen LogP contribution in [0.15, 0.2) is 35.7 Å². The Morgan fingerprint density at radius 3 is 2.94 bits per heavy atom. The molecule has 0 fully saturated rings. The average Bonchev–Trinajstić information content (AvgIpc) is 2.84. The fourth-order valence-corrected chi connectivity index (χ4v) is 2.53. The van der Waals surface area contributed by atoms with Gasteiger partial charge in [-0.25, -0.2) is 0 Å². The Balaban J connectivity index is 1.69. The fourth-order valence-electron chi connectivity index (χ4n) is 1.63. The van der Waals surface area contributed by atoms with Crippen LogP contribution in [-0.4, -0.2) is 13.2 Å². The van der Waals surface area contributed by atoms with E-state index in [2.05, 4.69) is 22.8 Å². The van der Waals surface area contributed by atoms with Crippen molar-refractivity contribution in [2.45, 2.75) is 13.5 Å². The number of aryl methyl sites for hydroxylation is 1. The van der Waals surface area contributed by atoms with E-state index in [9.17, 15) is 0 Å². The van der Waals surface area contributed by atoms with E-state index in [-0.39, 0.29) is 0 Å². The van der Waals surface area contributed by atoms with Crippen molar-refractivity contribution in [1.82, 2.24) is 5.32 Å². The quantitative estimate of drug-likeness (QED) is 0.812. The standard InChI is InChI=1S/C14H16ClNOS/c1-11-9-12(15)4-5-14(11)17-7-6-16-10-13-3-2-8-18-13/h2-5,8-9,16H,6-7,10H2,1H3. The van der Waals surface area contributed by atoms with Gasteiger partial charge in [-0.15, -0.1) is 11.3 Å². The minimum Gasteiger partial charge on any atom is -0.492 e. The molecule has 18 heavy (non-hydrogen) atoms. The van der Waals surface area contributed by atoms with Crippen molar-refractivity contribution in [1.29, 1.82) is 0 Å². The Hall–Kier alpha value is -1.03. The molecule has 0 aliphatic carbocycles. The lowest BCUT2D eigenvalue weighted by atomic mass is 10.2. The first-order valence-electron chi connectivity index (χ1n) is 5.88. The van der Waals surface area contributed by atoms with Gasteiger partial charge in [0.1, 0.15) is 12.4 Å². The van der Waals surface area contributed by atoms with Gasteiger partial charge in [-0.2, -0.15) is 0 Å². The van der Waals surface area contributed by atoms with E-state index >= 15 is 0 Å². The Labute approximate surface area is 117 Å². The molecular formula is C14H16ClNOS. The van der Waals surface area contributed by atoms with Crippen molar-refractivity contribution in [3.05, 3.63) is 51.2 Å². The highest BCUT2D eigenvalue weighted by Gasteiger charge is 2.00. The van der Waals surface area contributed by atoms with Gasteiger partial charge in [0.2, 0.25) is 0 Å². The van der Waals surface area contributed by atoms with E-state index in [1.165, 1.54) is 4.88 Å². The first-order valence-corrected chi connectivity index (χ1v) is 7.13. The molecule has 2 aromatic rings. The number of nitrogens with one attached hydrogen (secondary N) is 1. The van der Waals surface area contributed by atoms with E-state index in [4.69, 9.17) is 16.3 Å². The molecule has 1 aromatic carbocycles. The topological polar surface area (TPSA) is 21.3 Å². The van der Waals surface area contributed by atoms with Gasteiger partial charge < -0.3 is 10.1 Å². The van der Waals surface area contributed by atoms with Crippen molar-refractivity contribution in [3.63, 3.8) is 0 Å². The largest absolute Gasteiger partial charge is 0.492 e. The predicted molar refractivity (Wildman–Crippen MR) is 77.7 cm³/mol. The number of thiophene rings is 1. The van der Waals surface area contributed by atoms with Gasteiger partial charge in [0.15, 0.2) is 0 Å². The summed E-state index contributed by atoms with van der Waals surface area (Å²) in [5.41, 5.74) is 1.07.